The molecule has 1 saturated heterocycles. The van der Waals surface area contributed by atoms with E-state index >= 15 is 0 Å². The molecule has 0 aromatic heterocycles. The molecular formula is C12H16BrN3O4S. The summed E-state index contributed by atoms with van der Waals surface area (Å²) >= 11 is 3.23. The molecule has 116 valence electrons. The molecule has 0 saturated carbocycles. The van der Waals surface area contributed by atoms with Crippen molar-refractivity contribution in [3.8, 4) is 0 Å². The molecule has 1 amide bonds. The number of carbonyl (C=O) groups excluding carboxylic acids is 1. The maximum Gasteiger partial charge on any atom is 0.407 e. The first-order chi connectivity index (χ1) is 9.84. The van der Waals surface area contributed by atoms with Crippen LogP contribution in [0, 0.1) is 0 Å². The summed E-state index contributed by atoms with van der Waals surface area (Å²) in [5, 5.41) is 2.60. The van der Waals surface area contributed by atoms with Crippen molar-refractivity contribution in [2.24, 2.45) is 0 Å². The average molecular weight is 378 g/mol. The van der Waals surface area contributed by atoms with Gasteiger partial charge in [-0.3, -0.25) is 0 Å². The van der Waals surface area contributed by atoms with Crippen LogP contribution in [0.5, 0.6) is 0 Å². The van der Waals surface area contributed by atoms with Gasteiger partial charge in [-0.1, -0.05) is 0 Å². The quantitative estimate of drug-likeness (QED) is 0.769. The SMILES string of the molecule is COC(=O)NC1CCN(S(=O)(=O)c2ccc(Br)c(N)c2)C1. The van der Waals surface area contributed by atoms with E-state index in [1.165, 1.54) is 23.5 Å². The summed E-state index contributed by atoms with van der Waals surface area (Å²) in [5.74, 6) is 0. The Bertz CT molecular complexity index is 650. The molecule has 1 atom stereocenters. The van der Waals surface area contributed by atoms with Crippen molar-refractivity contribution in [2.45, 2.75) is 17.4 Å². The molecule has 0 spiro atoms. The van der Waals surface area contributed by atoms with Crippen LogP contribution in [0.15, 0.2) is 27.6 Å². The van der Waals surface area contributed by atoms with Crippen LogP contribution in [0.2, 0.25) is 0 Å². The van der Waals surface area contributed by atoms with Gasteiger partial charge in [0, 0.05) is 29.3 Å². The van der Waals surface area contributed by atoms with Gasteiger partial charge in [0.15, 0.2) is 0 Å². The van der Waals surface area contributed by atoms with Gasteiger partial charge in [-0.25, -0.2) is 13.2 Å². The van der Waals surface area contributed by atoms with Crippen LogP contribution in [0.1, 0.15) is 6.42 Å². The number of nitrogen functional groups attached to an aromatic ring is 1. The monoisotopic (exact) mass is 377 g/mol. The standard InChI is InChI=1S/C12H16BrN3O4S/c1-20-12(17)15-8-4-5-16(7-8)21(18,19)9-2-3-10(13)11(14)6-9/h2-3,6,8H,4-5,7,14H2,1H3,(H,15,17). The normalized spacial score (nSPS) is 19.4. The molecule has 9 heteroatoms. The zero-order chi connectivity index (χ0) is 15.6. The fourth-order valence-electron chi connectivity index (χ4n) is 2.12. The third-order valence-electron chi connectivity index (χ3n) is 3.26. The van der Waals surface area contributed by atoms with E-state index in [4.69, 9.17) is 5.73 Å². The number of alkyl carbamates (subject to hydrolysis) is 1. The third-order valence-corrected chi connectivity index (χ3v) is 5.85. The lowest BCUT2D eigenvalue weighted by molar-refractivity contribution is 0.167. The second-order valence-corrected chi connectivity index (χ2v) is 7.46. The number of carbonyl (C=O) groups is 1. The van der Waals surface area contributed by atoms with Gasteiger partial charge in [0.25, 0.3) is 0 Å². The molecule has 1 aliphatic rings. The van der Waals surface area contributed by atoms with Crippen molar-refractivity contribution in [3.05, 3.63) is 22.7 Å². The van der Waals surface area contributed by atoms with E-state index in [0.717, 1.165) is 0 Å². The lowest BCUT2D eigenvalue weighted by atomic mass is 10.3. The van der Waals surface area contributed by atoms with E-state index in [1.54, 1.807) is 6.07 Å². The topological polar surface area (TPSA) is 102 Å². The Labute approximate surface area is 131 Å². The minimum atomic E-state index is -3.61. The number of ether oxygens (including phenoxy) is 1. The second kappa shape index (κ2) is 6.20. The molecule has 0 radical (unpaired) electrons. The van der Waals surface area contributed by atoms with Crippen LogP contribution in [0.25, 0.3) is 0 Å². The highest BCUT2D eigenvalue weighted by atomic mass is 79.9. The maximum atomic E-state index is 12.5. The first kappa shape index (κ1) is 16.1. The van der Waals surface area contributed by atoms with Gasteiger partial charge in [-0.2, -0.15) is 4.31 Å². The van der Waals surface area contributed by atoms with Gasteiger partial charge in [0.1, 0.15) is 0 Å². The Balaban J connectivity index is 2.14. The number of benzene rings is 1. The summed E-state index contributed by atoms with van der Waals surface area (Å²) < 4.78 is 31.5. The largest absolute Gasteiger partial charge is 0.453 e. The Morgan fingerprint density at radius 2 is 2.24 bits per heavy atom. The van der Waals surface area contributed by atoms with Crippen molar-refractivity contribution >= 4 is 37.7 Å². The lowest BCUT2D eigenvalue weighted by Gasteiger charge is -2.17. The van der Waals surface area contributed by atoms with Crippen molar-refractivity contribution in [3.63, 3.8) is 0 Å². The van der Waals surface area contributed by atoms with E-state index in [-0.39, 0.29) is 17.5 Å². The number of hydrogen-bond donors (Lipinski definition) is 2. The first-order valence-electron chi connectivity index (χ1n) is 6.24. The average Bonchev–Trinajstić information content (AvgIpc) is 2.90. The van der Waals surface area contributed by atoms with Gasteiger partial charge >= 0.3 is 6.09 Å². The minimum Gasteiger partial charge on any atom is -0.453 e. The Hall–Kier alpha value is -1.32. The van der Waals surface area contributed by atoms with Crippen LogP contribution >= 0.6 is 15.9 Å². The Morgan fingerprint density at radius 1 is 1.52 bits per heavy atom. The molecule has 1 aromatic rings. The zero-order valence-electron chi connectivity index (χ0n) is 11.4. The molecule has 1 heterocycles. The number of sulfonamides is 1. The molecule has 0 bridgehead atoms. The molecule has 0 aliphatic carbocycles. The number of hydrogen-bond acceptors (Lipinski definition) is 5. The molecular weight excluding hydrogens is 362 g/mol. The number of rotatable bonds is 3. The number of halogens is 1. The molecule has 1 aromatic carbocycles. The summed E-state index contributed by atoms with van der Waals surface area (Å²) in [6, 6.07) is 4.26. The number of nitrogens with zero attached hydrogens (tertiary/aromatic N) is 1. The summed E-state index contributed by atoms with van der Waals surface area (Å²) in [4.78, 5) is 11.3. The molecule has 1 unspecified atom stereocenters. The predicted octanol–water partition coefficient (Wildman–Crippen LogP) is 1.15. The Kier molecular flexibility index (Phi) is 4.74. The van der Waals surface area contributed by atoms with E-state index in [1.807, 2.05) is 0 Å². The number of nitrogens with two attached hydrogens (primary N) is 1. The smallest absolute Gasteiger partial charge is 0.407 e. The van der Waals surface area contributed by atoms with E-state index in [9.17, 15) is 13.2 Å². The molecule has 2 rings (SSSR count). The van der Waals surface area contributed by atoms with Crippen molar-refractivity contribution in [1.82, 2.24) is 9.62 Å². The summed E-state index contributed by atoms with van der Waals surface area (Å²) in [6.45, 7) is 0.556. The zero-order valence-corrected chi connectivity index (χ0v) is 13.8. The van der Waals surface area contributed by atoms with Crippen molar-refractivity contribution in [1.29, 1.82) is 0 Å². The van der Waals surface area contributed by atoms with Gasteiger partial charge in [-0.05, 0) is 40.5 Å². The summed E-state index contributed by atoms with van der Waals surface area (Å²) in [5.41, 5.74) is 6.08. The van der Waals surface area contributed by atoms with Gasteiger partial charge < -0.3 is 15.8 Å². The third kappa shape index (κ3) is 3.47. The molecule has 1 aliphatic heterocycles. The van der Waals surface area contributed by atoms with Gasteiger partial charge in [0.2, 0.25) is 10.0 Å². The highest BCUT2D eigenvalue weighted by molar-refractivity contribution is 9.10. The van der Waals surface area contributed by atoms with Crippen LogP contribution in [0.3, 0.4) is 0 Å². The fraction of sp³-hybridized carbons (Fsp3) is 0.417. The van der Waals surface area contributed by atoms with Gasteiger partial charge in [-0.15, -0.1) is 0 Å². The van der Waals surface area contributed by atoms with Crippen LogP contribution < -0.4 is 11.1 Å². The highest BCUT2D eigenvalue weighted by Gasteiger charge is 2.33. The predicted molar refractivity (Wildman–Crippen MR) is 81.3 cm³/mol. The number of amides is 1. The van der Waals surface area contributed by atoms with Crippen LogP contribution in [-0.2, 0) is 14.8 Å². The highest BCUT2D eigenvalue weighted by Crippen LogP contribution is 2.26. The fourth-order valence-corrected chi connectivity index (χ4v) is 3.90. The van der Waals surface area contributed by atoms with E-state index in [2.05, 4.69) is 26.0 Å². The minimum absolute atomic E-state index is 0.141. The van der Waals surface area contributed by atoms with Crippen LogP contribution in [-0.4, -0.2) is 45.1 Å². The number of methoxy groups -OCH3 is 1. The van der Waals surface area contributed by atoms with E-state index < -0.39 is 16.1 Å². The molecule has 21 heavy (non-hydrogen) atoms. The number of anilines is 1. The lowest BCUT2D eigenvalue weighted by Crippen LogP contribution is -2.38. The first-order valence-corrected chi connectivity index (χ1v) is 8.47. The molecule has 3 N–H and O–H groups in total. The summed E-state index contributed by atoms with van der Waals surface area (Å²) in [7, 11) is -2.35. The Morgan fingerprint density at radius 3 is 2.86 bits per heavy atom. The van der Waals surface area contributed by atoms with Crippen LogP contribution in [0.4, 0.5) is 10.5 Å². The molecule has 7 nitrogen and oxygen atoms in total. The second-order valence-electron chi connectivity index (χ2n) is 4.67. The summed E-state index contributed by atoms with van der Waals surface area (Å²) in [6.07, 6.45) is -0.0208. The van der Waals surface area contributed by atoms with Crippen molar-refractivity contribution < 1.29 is 17.9 Å². The van der Waals surface area contributed by atoms with E-state index in [0.29, 0.717) is 23.1 Å². The molecule has 1 fully saturated rings. The number of nitrogens with one attached hydrogen (secondary N) is 1. The van der Waals surface area contributed by atoms with Gasteiger partial charge in [0.05, 0.1) is 12.0 Å². The maximum absolute atomic E-state index is 12.5. The van der Waals surface area contributed by atoms with Crippen molar-refractivity contribution in [2.75, 3.05) is 25.9 Å².